The molecule has 0 aliphatic carbocycles. The van der Waals surface area contributed by atoms with E-state index in [2.05, 4.69) is 5.32 Å². The van der Waals surface area contributed by atoms with E-state index in [-0.39, 0.29) is 11.7 Å². The zero-order valence-corrected chi connectivity index (χ0v) is 12.7. The highest BCUT2D eigenvalue weighted by molar-refractivity contribution is 5.76. The van der Waals surface area contributed by atoms with Gasteiger partial charge in [-0.1, -0.05) is 42.5 Å². The first kappa shape index (κ1) is 15.1. The van der Waals surface area contributed by atoms with Gasteiger partial charge in [0.2, 0.25) is 5.91 Å². The van der Waals surface area contributed by atoms with Crippen molar-refractivity contribution in [2.24, 2.45) is 0 Å². The minimum absolute atomic E-state index is 0.0188. The molecule has 3 aromatic rings. The van der Waals surface area contributed by atoms with Crippen LogP contribution in [-0.4, -0.2) is 10.5 Å². The fourth-order valence-corrected chi connectivity index (χ4v) is 2.51. The molecule has 0 saturated heterocycles. The second-order valence-electron chi connectivity index (χ2n) is 5.35. The highest BCUT2D eigenvalue weighted by Gasteiger charge is 2.09. The molecule has 1 aromatic heterocycles. The van der Waals surface area contributed by atoms with Gasteiger partial charge in [-0.25, -0.2) is 4.79 Å². The standard InChI is InChI=1S/C18H18N2O3/c21-17(19-13-14-7-2-1-3-8-14)11-6-12-20-15-9-4-5-10-16(15)23-18(20)22/h1-5,7-10H,6,11-13H2,(H,19,21). The number of carbonyl (C=O) groups is 1. The third kappa shape index (κ3) is 3.69. The first-order valence-corrected chi connectivity index (χ1v) is 7.63. The van der Waals surface area contributed by atoms with E-state index in [9.17, 15) is 9.59 Å². The van der Waals surface area contributed by atoms with E-state index >= 15 is 0 Å². The van der Waals surface area contributed by atoms with Gasteiger partial charge < -0.3 is 9.73 Å². The maximum absolute atomic E-state index is 11.9. The molecule has 0 saturated carbocycles. The van der Waals surface area contributed by atoms with Crippen LogP contribution in [0.4, 0.5) is 0 Å². The second-order valence-corrected chi connectivity index (χ2v) is 5.35. The Kier molecular flexibility index (Phi) is 4.57. The van der Waals surface area contributed by atoms with Gasteiger partial charge in [-0.05, 0) is 24.1 Å². The van der Waals surface area contributed by atoms with E-state index in [0.717, 1.165) is 11.1 Å². The van der Waals surface area contributed by atoms with Crippen LogP contribution in [0.2, 0.25) is 0 Å². The summed E-state index contributed by atoms with van der Waals surface area (Å²) >= 11 is 0. The monoisotopic (exact) mass is 310 g/mol. The number of aryl methyl sites for hydroxylation is 1. The number of carbonyl (C=O) groups excluding carboxylic acids is 1. The van der Waals surface area contributed by atoms with Crippen molar-refractivity contribution in [2.75, 3.05) is 0 Å². The number of oxazole rings is 1. The van der Waals surface area contributed by atoms with Crippen molar-refractivity contribution >= 4 is 17.0 Å². The fraction of sp³-hybridized carbons (Fsp3) is 0.222. The molecule has 1 N–H and O–H groups in total. The first-order valence-electron chi connectivity index (χ1n) is 7.63. The van der Waals surface area contributed by atoms with E-state index < -0.39 is 0 Å². The molecule has 5 heteroatoms. The maximum Gasteiger partial charge on any atom is 0.419 e. The van der Waals surface area contributed by atoms with Crippen LogP contribution >= 0.6 is 0 Å². The van der Waals surface area contributed by atoms with Gasteiger partial charge in [-0.15, -0.1) is 0 Å². The number of amides is 1. The number of para-hydroxylation sites is 2. The lowest BCUT2D eigenvalue weighted by molar-refractivity contribution is -0.121. The van der Waals surface area contributed by atoms with Gasteiger partial charge in [0.1, 0.15) is 0 Å². The van der Waals surface area contributed by atoms with Crippen LogP contribution in [0.3, 0.4) is 0 Å². The van der Waals surface area contributed by atoms with Gasteiger partial charge in [0.25, 0.3) is 0 Å². The summed E-state index contributed by atoms with van der Waals surface area (Å²) in [6.45, 7) is 0.989. The molecule has 0 aliphatic heterocycles. The zero-order valence-electron chi connectivity index (χ0n) is 12.7. The van der Waals surface area contributed by atoms with Crippen molar-refractivity contribution in [3.05, 3.63) is 70.7 Å². The lowest BCUT2D eigenvalue weighted by atomic mass is 10.2. The van der Waals surface area contributed by atoms with Gasteiger partial charge >= 0.3 is 5.76 Å². The van der Waals surface area contributed by atoms with Crippen LogP contribution in [0.15, 0.2) is 63.8 Å². The van der Waals surface area contributed by atoms with Crippen molar-refractivity contribution < 1.29 is 9.21 Å². The summed E-state index contributed by atoms with van der Waals surface area (Å²) < 4.78 is 6.74. The molecule has 118 valence electrons. The van der Waals surface area contributed by atoms with E-state index in [1.807, 2.05) is 48.5 Å². The molecule has 0 fully saturated rings. The number of aromatic nitrogens is 1. The zero-order chi connectivity index (χ0) is 16.1. The maximum atomic E-state index is 11.9. The van der Waals surface area contributed by atoms with Crippen molar-refractivity contribution in [1.82, 2.24) is 9.88 Å². The van der Waals surface area contributed by atoms with E-state index in [4.69, 9.17) is 4.42 Å². The number of nitrogens with one attached hydrogen (secondary N) is 1. The molecule has 1 amide bonds. The Bertz CT molecular complexity index is 849. The van der Waals surface area contributed by atoms with Gasteiger partial charge in [0, 0.05) is 19.5 Å². The van der Waals surface area contributed by atoms with Crippen molar-refractivity contribution in [3.63, 3.8) is 0 Å². The summed E-state index contributed by atoms with van der Waals surface area (Å²) in [5.41, 5.74) is 2.41. The lowest BCUT2D eigenvalue weighted by Gasteiger charge is -2.05. The summed E-state index contributed by atoms with van der Waals surface area (Å²) in [7, 11) is 0. The topological polar surface area (TPSA) is 64.2 Å². The quantitative estimate of drug-likeness (QED) is 0.761. The highest BCUT2D eigenvalue weighted by Crippen LogP contribution is 2.12. The van der Waals surface area contributed by atoms with Gasteiger partial charge in [0.05, 0.1) is 5.52 Å². The fourth-order valence-electron chi connectivity index (χ4n) is 2.51. The van der Waals surface area contributed by atoms with Crippen LogP contribution in [0.1, 0.15) is 18.4 Å². The van der Waals surface area contributed by atoms with Gasteiger partial charge in [0.15, 0.2) is 5.58 Å². The molecule has 5 nitrogen and oxygen atoms in total. The van der Waals surface area contributed by atoms with Crippen molar-refractivity contribution in [2.45, 2.75) is 25.9 Å². The number of nitrogens with zero attached hydrogens (tertiary/aromatic N) is 1. The lowest BCUT2D eigenvalue weighted by Crippen LogP contribution is -2.23. The smallest absolute Gasteiger partial charge is 0.408 e. The molecular weight excluding hydrogens is 292 g/mol. The van der Waals surface area contributed by atoms with Crippen LogP contribution in [0.25, 0.3) is 11.1 Å². The average Bonchev–Trinajstić information content (AvgIpc) is 2.90. The highest BCUT2D eigenvalue weighted by atomic mass is 16.4. The summed E-state index contributed by atoms with van der Waals surface area (Å²) in [5, 5.41) is 2.88. The molecule has 0 aliphatic rings. The predicted molar refractivity (Wildman–Crippen MR) is 88.0 cm³/mol. The Hall–Kier alpha value is -2.82. The molecule has 2 aromatic carbocycles. The average molecular weight is 310 g/mol. The number of benzene rings is 2. The van der Waals surface area contributed by atoms with Crippen LogP contribution < -0.4 is 11.1 Å². The Labute approximate surface area is 133 Å². The molecule has 0 bridgehead atoms. The Morgan fingerprint density at radius 3 is 2.61 bits per heavy atom. The minimum atomic E-state index is -0.379. The first-order chi connectivity index (χ1) is 11.2. The van der Waals surface area contributed by atoms with E-state index in [1.165, 1.54) is 0 Å². The van der Waals surface area contributed by atoms with Crippen LogP contribution in [0.5, 0.6) is 0 Å². The van der Waals surface area contributed by atoms with Crippen LogP contribution in [0, 0.1) is 0 Å². The molecule has 0 unspecified atom stereocenters. The third-order valence-electron chi connectivity index (χ3n) is 3.69. The molecule has 0 atom stereocenters. The predicted octanol–water partition coefficient (Wildman–Crippen LogP) is 2.69. The molecule has 3 rings (SSSR count). The molecular formula is C18H18N2O3. The number of hydrogen-bond acceptors (Lipinski definition) is 3. The summed E-state index contributed by atoms with van der Waals surface area (Å²) in [4.78, 5) is 23.7. The minimum Gasteiger partial charge on any atom is -0.408 e. The Morgan fingerprint density at radius 2 is 1.78 bits per heavy atom. The molecule has 0 radical (unpaired) electrons. The molecule has 0 spiro atoms. The summed E-state index contributed by atoms with van der Waals surface area (Å²) in [6, 6.07) is 17.1. The van der Waals surface area contributed by atoms with Crippen molar-refractivity contribution in [3.8, 4) is 0 Å². The SMILES string of the molecule is O=C(CCCn1c(=O)oc2ccccc21)NCc1ccccc1. The normalized spacial score (nSPS) is 10.8. The van der Waals surface area contributed by atoms with E-state index in [0.29, 0.717) is 31.5 Å². The number of rotatable bonds is 6. The third-order valence-corrected chi connectivity index (χ3v) is 3.69. The van der Waals surface area contributed by atoms with Crippen LogP contribution in [-0.2, 0) is 17.9 Å². The number of fused-ring (bicyclic) bond motifs is 1. The van der Waals surface area contributed by atoms with Crippen molar-refractivity contribution in [1.29, 1.82) is 0 Å². The second kappa shape index (κ2) is 6.96. The Morgan fingerprint density at radius 1 is 1.04 bits per heavy atom. The molecule has 1 heterocycles. The Balaban J connectivity index is 1.51. The summed E-state index contributed by atoms with van der Waals surface area (Å²) in [5.74, 6) is -0.398. The molecule has 23 heavy (non-hydrogen) atoms. The largest absolute Gasteiger partial charge is 0.419 e. The van der Waals surface area contributed by atoms with E-state index in [1.54, 1.807) is 10.6 Å². The van der Waals surface area contributed by atoms with Gasteiger partial charge in [-0.3, -0.25) is 9.36 Å². The van der Waals surface area contributed by atoms with Gasteiger partial charge in [-0.2, -0.15) is 0 Å². The summed E-state index contributed by atoms with van der Waals surface area (Å²) in [6.07, 6.45) is 0.961. The number of hydrogen-bond donors (Lipinski definition) is 1.